The van der Waals surface area contributed by atoms with Crippen LogP contribution in [-0.2, 0) is 4.84 Å². The highest BCUT2D eigenvalue weighted by Crippen LogP contribution is 2.30. The van der Waals surface area contributed by atoms with Crippen molar-refractivity contribution in [3.63, 3.8) is 0 Å². The molecule has 0 amide bonds. The number of rotatable bonds is 5. The number of hydrogen-bond acceptors (Lipinski definition) is 5. The number of oxime groups is 1. The van der Waals surface area contributed by atoms with Gasteiger partial charge < -0.3 is 9.57 Å². The molecule has 0 N–H and O–H groups in total. The normalized spacial score (nSPS) is 23.7. The third kappa shape index (κ3) is 4.32. The van der Waals surface area contributed by atoms with Crippen LogP contribution in [0.2, 0.25) is 10.0 Å². The van der Waals surface area contributed by atoms with E-state index in [1.807, 2.05) is 12.1 Å². The van der Waals surface area contributed by atoms with Crippen molar-refractivity contribution >= 4 is 35.4 Å². The van der Waals surface area contributed by atoms with Gasteiger partial charge in [0.05, 0.1) is 16.8 Å². The predicted molar refractivity (Wildman–Crippen MR) is 109 cm³/mol. The second kappa shape index (κ2) is 8.52. The number of carbonyl (C=O) groups is 1. The largest absolute Gasteiger partial charge is 0.422 e. The average Bonchev–Trinajstić information content (AvgIpc) is 2.70. The zero-order valence-electron chi connectivity index (χ0n) is 15.2. The van der Waals surface area contributed by atoms with Gasteiger partial charge in [-0.3, -0.25) is 4.90 Å². The maximum atomic E-state index is 12.5. The quantitative estimate of drug-likeness (QED) is 0.306. The molecule has 7 heteroatoms. The summed E-state index contributed by atoms with van der Waals surface area (Å²) in [7, 11) is 0. The lowest BCUT2D eigenvalue weighted by atomic mass is 9.86. The molecule has 146 valence electrons. The summed E-state index contributed by atoms with van der Waals surface area (Å²) in [5.41, 5.74) is 0.906. The number of esters is 1. The standard InChI is InChI=1S/C21H20Cl2N2O3/c22-16-5-6-17(18(23)11-16)21(26)27-19-4-2-1-3-15(19)12-24-28-20-13-25-9-7-14(20)8-10-25/h1-6,11-12,14,20H,7-10,13H2/b24-12+. The molecule has 2 aromatic carbocycles. The van der Waals surface area contributed by atoms with Gasteiger partial charge >= 0.3 is 5.97 Å². The van der Waals surface area contributed by atoms with Gasteiger partial charge in [0.1, 0.15) is 11.9 Å². The summed E-state index contributed by atoms with van der Waals surface area (Å²) in [6.07, 6.45) is 4.04. The van der Waals surface area contributed by atoms with Gasteiger partial charge in [0.15, 0.2) is 0 Å². The van der Waals surface area contributed by atoms with E-state index in [1.54, 1.807) is 30.5 Å². The Kier molecular flexibility index (Phi) is 5.85. The molecule has 5 nitrogen and oxygen atoms in total. The minimum atomic E-state index is -0.555. The van der Waals surface area contributed by atoms with Crippen LogP contribution in [0.25, 0.3) is 0 Å². The van der Waals surface area contributed by atoms with Crippen molar-refractivity contribution in [1.29, 1.82) is 0 Å². The fourth-order valence-electron chi connectivity index (χ4n) is 3.69. The summed E-state index contributed by atoms with van der Waals surface area (Å²) >= 11 is 12.0. The topological polar surface area (TPSA) is 51.1 Å². The predicted octanol–water partition coefficient (Wildman–Crippen LogP) is 4.66. The third-order valence-corrected chi connectivity index (χ3v) is 5.80. The Balaban J connectivity index is 1.44. The smallest absolute Gasteiger partial charge is 0.345 e. The number of fused-ring (bicyclic) bond motifs is 3. The first-order chi connectivity index (χ1) is 13.6. The van der Waals surface area contributed by atoms with Gasteiger partial charge in [-0.1, -0.05) is 40.5 Å². The minimum absolute atomic E-state index is 0.126. The molecule has 2 aromatic rings. The molecule has 1 atom stereocenters. The van der Waals surface area contributed by atoms with Crippen LogP contribution in [0.15, 0.2) is 47.6 Å². The molecule has 5 rings (SSSR count). The first-order valence-corrected chi connectivity index (χ1v) is 10.0. The van der Waals surface area contributed by atoms with Crippen molar-refractivity contribution in [3.8, 4) is 5.75 Å². The van der Waals surface area contributed by atoms with E-state index >= 15 is 0 Å². The zero-order chi connectivity index (χ0) is 19.5. The molecule has 1 unspecified atom stereocenters. The van der Waals surface area contributed by atoms with Crippen molar-refractivity contribution in [2.45, 2.75) is 18.9 Å². The first kappa shape index (κ1) is 19.2. The Labute approximate surface area is 173 Å². The second-order valence-corrected chi connectivity index (χ2v) is 7.91. The van der Waals surface area contributed by atoms with E-state index in [4.69, 9.17) is 32.8 Å². The van der Waals surface area contributed by atoms with Crippen LogP contribution < -0.4 is 4.74 Å². The number of para-hydroxylation sites is 1. The van der Waals surface area contributed by atoms with E-state index in [1.165, 1.54) is 6.07 Å². The number of halogens is 2. The van der Waals surface area contributed by atoms with E-state index in [-0.39, 0.29) is 16.7 Å². The van der Waals surface area contributed by atoms with Crippen LogP contribution in [0, 0.1) is 5.92 Å². The molecule has 3 heterocycles. The summed E-state index contributed by atoms with van der Waals surface area (Å²) in [6.45, 7) is 3.23. The molecule has 3 saturated heterocycles. The number of carbonyl (C=O) groups excluding carboxylic acids is 1. The van der Waals surface area contributed by atoms with Crippen molar-refractivity contribution < 1.29 is 14.4 Å². The van der Waals surface area contributed by atoms with Gasteiger partial charge in [-0.05, 0) is 56.3 Å². The van der Waals surface area contributed by atoms with Crippen LogP contribution in [0.5, 0.6) is 5.75 Å². The molecule has 2 bridgehead atoms. The van der Waals surface area contributed by atoms with Gasteiger partial charge in [0, 0.05) is 23.0 Å². The summed E-state index contributed by atoms with van der Waals surface area (Å²) in [6, 6.07) is 11.8. The van der Waals surface area contributed by atoms with Gasteiger partial charge in [-0.2, -0.15) is 0 Å². The molecule has 3 fully saturated rings. The molecule has 3 aliphatic heterocycles. The maximum Gasteiger partial charge on any atom is 0.345 e. The Morgan fingerprint density at radius 1 is 1.14 bits per heavy atom. The maximum absolute atomic E-state index is 12.5. The Morgan fingerprint density at radius 3 is 2.64 bits per heavy atom. The average molecular weight is 419 g/mol. The molecule has 0 radical (unpaired) electrons. The third-order valence-electron chi connectivity index (χ3n) is 5.26. The van der Waals surface area contributed by atoms with Crippen LogP contribution in [-0.4, -0.2) is 42.8 Å². The zero-order valence-corrected chi connectivity index (χ0v) is 16.7. The van der Waals surface area contributed by atoms with Gasteiger partial charge in [-0.15, -0.1) is 0 Å². The summed E-state index contributed by atoms with van der Waals surface area (Å²) in [4.78, 5) is 20.6. The van der Waals surface area contributed by atoms with E-state index in [0.29, 0.717) is 22.3 Å². The molecule has 28 heavy (non-hydrogen) atoms. The van der Waals surface area contributed by atoms with E-state index in [0.717, 1.165) is 32.5 Å². The lowest BCUT2D eigenvalue weighted by molar-refractivity contribution is -0.0675. The Bertz CT molecular complexity index is 895. The second-order valence-electron chi connectivity index (χ2n) is 7.07. The van der Waals surface area contributed by atoms with Crippen molar-refractivity contribution in [1.82, 2.24) is 4.90 Å². The van der Waals surface area contributed by atoms with Gasteiger partial charge in [0.2, 0.25) is 0 Å². The van der Waals surface area contributed by atoms with Crippen LogP contribution in [0.3, 0.4) is 0 Å². The number of ether oxygens (including phenoxy) is 1. The highest BCUT2D eigenvalue weighted by molar-refractivity contribution is 6.36. The lowest BCUT2D eigenvalue weighted by Gasteiger charge is -2.42. The summed E-state index contributed by atoms with van der Waals surface area (Å²) in [5, 5.41) is 4.87. The number of benzene rings is 2. The SMILES string of the molecule is O=C(Oc1ccccc1/C=N/OC1CN2CCC1CC2)c1ccc(Cl)cc1Cl. The summed E-state index contributed by atoms with van der Waals surface area (Å²) in [5.74, 6) is 0.405. The van der Waals surface area contributed by atoms with Gasteiger partial charge in [-0.25, -0.2) is 4.79 Å². The van der Waals surface area contributed by atoms with Gasteiger partial charge in [0.25, 0.3) is 0 Å². The van der Waals surface area contributed by atoms with Crippen molar-refractivity contribution in [2.75, 3.05) is 19.6 Å². The molecule has 0 spiro atoms. The monoisotopic (exact) mass is 418 g/mol. The van der Waals surface area contributed by atoms with Crippen LogP contribution in [0.4, 0.5) is 0 Å². The lowest BCUT2D eigenvalue weighted by Crippen LogP contribution is -2.50. The minimum Gasteiger partial charge on any atom is -0.422 e. The number of piperidine rings is 3. The fraction of sp³-hybridized carbons (Fsp3) is 0.333. The first-order valence-electron chi connectivity index (χ1n) is 9.28. The molecule has 0 saturated carbocycles. The van der Waals surface area contributed by atoms with Crippen LogP contribution in [0.1, 0.15) is 28.8 Å². The van der Waals surface area contributed by atoms with E-state index < -0.39 is 5.97 Å². The van der Waals surface area contributed by atoms with Crippen molar-refractivity contribution in [2.24, 2.45) is 11.1 Å². The van der Waals surface area contributed by atoms with Crippen LogP contribution >= 0.6 is 23.2 Å². The highest BCUT2D eigenvalue weighted by Gasteiger charge is 2.35. The highest BCUT2D eigenvalue weighted by atomic mass is 35.5. The molecule has 0 aromatic heterocycles. The molecule has 0 aliphatic carbocycles. The molecular weight excluding hydrogens is 399 g/mol. The molecule has 3 aliphatic rings. The number of hydrogen-bond donors (Lipinski definition) is 0. The Morgan fingerprint density at radius 2 is 1.93 bits per heavy atom. The fourth-order valence-corrected chi connectivity index (χ4v) is 4.17. The number of nitrogens with zero attached hydrogens (tertiary/aromatic N) is 2. The molecular formula is C21H20Cl2N2O3. The van der Waals surface area contributed by atoms with E-state index in [2.05, 4.69) is 10.1 Å². The summed E-state index contributed by atoms with van der Waals surface area (Å²) < 4.78 is 5.52. The van der Waals surface area contributed by atoms with E-state index in [9.17, 15) is 4.79 Å². The Hall–Kier alpha value is -2.08. The van der Waals surface area contributed by atoms with Crippen molar-refractivity contribution in [3.05, 3.63) is 63.6 Å².